The second-order valence-corrected chi connectivity index (χ2v) is 7.64. The fourth-order valence-electron chi connectivity index (χ4n) is 3.84. The van der Waals surface area contributed by atoms with Gasteiger partial charge in [-0.15, -0.1) is 0 Å². The van der Waals surface area contributed by atoms with Crippen LogP contribution in [0.3, 0.4) is 0 Å². The van der Waals surface area contributed by atoms with Gasteiger partial charge in [0, 0.05) is 5.70 Å². The van der Waals surface area contributed by atoms with Crippen LogP contribution in [-0.2, 0) is 16.1 Å². The SMILES string of the molecule is CC1=C(C(=O)OCc2ccccc2)[C@H](c2cccc(Oc3ccccc3)c2)n2ncnc2N1. The molecular weight excluding hydrogens is 416 g/mol. The molecule has 0 spiro atoms. The predicted molar refractivity (Wildman–Crippen MR) is 124 cm³/mol. The number of esters is 1. The number of nitrogens with zero attached hydrogens (tertiary/aromatic N) is 3. The lowest BCUT2D eigenvalue weighted by Gasteiger charge is -2.28. The summed E-state index contributed by atoms with van der Waals surface area (Å²) in [4.78, 5) is 17.5. The van der Waals surface area contributed by atoms with Crippen LogP contribution in [0.4, 0.5) is 5.95 Å². The van der Waals surface area contributed by atoms with Crippen LogP contribution in [0.5, 0.6) is 11.5 Å². The molecule has 1 aliphatic heterocycles. The fourth-order valence-corrected chi connectivity index (χ4v) is 3.84. The summed E-state index contributed by atoms with van der Waals surface area (Å²) in [5.41, 5.74) is 2.90. The first kappa shape index (κ1) is 20.5. The molecule has 0 saturated heterocycles. The molecule has 1 N–H and O–H groups in total. The van der Waals surface area contributed by atoms with E-state index in [1.165, 1.54) is 6.33 Å². The average Bonchev–Trinajstić information content (AvgIpc) is 3.31. The minimum absolute atomic E-state index is 0.185. The van der Waals surface area contributed by atoms with Gasteiger partial charge in [-0.1, -0.05) is 60.7 Å². The molecule has 7 nitrogen and oxygen atoms in total. The third-order valence-corrected chi connectivity index (χ3v) is 5.38. The van der Waals surface area contributed by atoms with Crippen LogP contribution in [0.25, 0.3) is 0 Å². The number of rotatable bonds is 6. The number of fused-ring (bicyclic) bond motifs is 1. The number of carbonyl (C=O) groups is 1. The third-order valence-electron chi connectivity index (χ3n) is 5.38. The van der Waals surface area contributed by atoms with E-state index in [-0.39, 0.29) is 6.61 Å². The second-order valence-electron chi connectivity index (χ2n) is 7.64. The molecule has 33 heavy (non-hydrogen) atoms. The van der Waals surface area contributed by atoms with Gasteiger partial charge in [0.25, 0.3) is 0 Å². The third kappa shape index (κ3) is 4.34. The Hall–Kier alpha value is -4.39. The van der Waals surface area contributed by atoms with Crippen LogP contribution in [0, 0.1) is 0 Å². The molecule has 7 heteroatoms. The lowest BCUT2D eigenvalue weighted by atomic mass is 9.95. The smallest absolute Gasteiger partial charge is 0.338 e. The highest BCUT2D eigenvalue weighted by Gasteiger charge is 2.34. The summed E-state index contributed by atoms with van der Waals surface area (Å²) >= 11 is 0. The van der Waals surface area contributed by atoms with Gasteiger partial charge >= 0.3 is 5.97 Å². The van der Waals surface area contributed by atoms with Gasteiger partial charge in [0.1, 0.15) is 30.5 Å². The number of anilines is 1. The number of hydrogen-bond donors (Lipinski definition) is 1. The van der Waals surface area contributed by atoms with Crippen molar-refractivity contribution in [2.45, 2.75) is 19.6 Å². The monoisotopic (exact) mass is 438 g/mol. The number of nitrogens with one attached hydrogen (secondary N) is 1. The van der Waals surface area contributed by atoms with Crippen molar-refractivity contribution < 1.29 is 14.3 Å². The quantitative estimate of drug-likeness (QED) is 0.422. The van der Waals surface area contributed by atoms with Gasteiger partial charge in [-0.05, 0) is 42.3 Å². The van der Waals surface area contributed by atoms with E-state index < -0.39 is 12.0 Å². The highest BCUT2D eigenvalue weighted by molar-refractivity contribution is 5.92. The van der Waals surface area contributed by atoms with Gasteiger partial charge < -0.3 is 14.8 Å². The normalized spacial score (nSPS) is 14.9. The van der Waals surface area contributed by atoms with Gasteiger partial charge in [0.15, 0.2) is 0 Å². The van der Waals surface area contributed by atoms with Crippen molar-refractivity contribution in [3.63, 3.8) is 0 Å². The number of aromatic nitrogens is 3. The zero-order valence-electron chi connectivity index (χ0n) is 18.0. The highest BCUT2D eigenvalue weighted by atomic mass is 16.5. The Kier molecular flexibility index (Phi) is 5.59. The molecule has 3 aromatic carbocycles. The summed E-state index contributed by atoms with van der Waals surface area (Å²) < 4.78 is 13.4. The fraction of sp³-hybridized carbons (Fsp3) is 0.115. The lowest BCUT2D eigenvalue weighted by molar-refractivity contribution is -0.140. The standard InChI is InChI=1S/C26H22N4O3/c1-18-23(25(31)32-16-19-9-4-2-5-10-19)24(30-26(29-18)27-17-28-30)20-11-8-14-22(15-20)33-21-12-6-3-7-13-21/h2-15,17,24H,16H2,1H3,(H,27,28,29)/t24-/m0/s1. The zero-order valence-corrected chi connectivity index (χ0v) is 18.0. The summed E-state index contributed by atoms with van der Waals surface area (Å²) in [5, 5.41) is 7.53. The first-order valence-corrected chi connectivity index (χ1v) is 10.6. The Morgan fingerprint density at radius 1 is 0.970 bits per heavy atom. The largest absolute Gasteiger partial charge is 0.457 e. The van der Waals surface area contributed by atoms with Crippen molar-refractivity contribution >= 4 is 11.9 Å². The van der Waals surface area contributed by atoms with Crippen molar-refractivity contribution in [3.8, 4) is 11.5 Å². The van der Waals surface area contributed by atoms with Crippen LogP contribution >= 0.6 is 0 Å². The van der Waals surface area contributed by atoms with Crippen molar-refractivity contribution in [2.24, 2.45) is 0 Å². The van der Waals surface area contributed by atoms with Gasteiger partial charge in [-0.3, -0.25) is 0 Å². The lowest BCUT2D eigenvalue weighted by Crippen LogP contribution is -2.29. The number of para-hydroxylation sites is 1. The summed E-state index contributed by atoms with van der Waals surface area (Å²) in [7, 11) is 0. The van der Waals surface area contributed by atoms with Crippen LogP contribution in [0.1, 0.15) is 24.1 Å². The summed E-state index contributed by atoms with van der Waals surface area (Å²) in [6.45, 7) is 2.03. The molecule has 0 fully saturated rings. The molecule has 0 bridgehead atoms. The maximum absolute atomic E-state index is 13.3. The number of benzene rings is 3. The van der Waals surface area contributed by atoms with E-state index in [0.29, 0.717) is 23.0 Å². The highest BCUT2D eigenvalue weighted by Crippen LogP contribution is 2.37. The van der Waals surface area contributed by atoms with E-state index in [0.717, 1.165) is 16.9 Å². The number of hydrogen-bond acceptors (Lipinski definition) is 6. The Labute approximate surface area is 191 Å². The van der Waals surface area contributed by atoms with Gasteiger partial charge in [0.05, 0.1) is 5.57 Å². The van der Waals surface area contributed by atoms with Crippen LogP contribution < -0.4 is 10.1 Å². The van der Waals surface area contributed by atoms with Gasteiger partial charge in [-0.25, -0.2) is 9.48 Å². The first-order valence-electron chi connectivity index (χ1n) is 10.6. The maximum atomic E-state index is 13.3. The summed E-state index contributed by atoms with van der Waals surface area (Å²) in [6.07, 6.45) is 1.46. The zero-order chi connectivity index (χ0) is 22.6. The second kappa shape index (κ2) is 9.00. The Morgan fingerprint density at radius 2 is 1.70 bits per heavy atom. The molecule has 0 aliphatic carbocycles. The average molecular weight is 438 g/mol. The summed E-state index contributed by atoms with van der Waals surface area (Å²) in [6, 6.07) is 26.3. The number of allylic oxidation sites excluding steroid dienone is 1. The van der Waals surface area contributed by atoms with E-state index in [1.54, 1.807) is 4.68 Å². The van der Waals surface area contributed by atoms with E-state index in [2.05, 4.69) is 15.4 Å². The molecule has 164 valence electrons. The maximum Gasteiger partial charge on any atom is 0.338 e. The van der Waals surface area contributed by atoms with Gasteiger partial charge in [-0.2, -0.15) is 10.1 Å². The molecule has 1 aliphatic rings. The Morgan fingerprint density at radius 3 is 2.48 bits per heavy atom. The van der Waals surface area contributed by atoms with Crippen LogP contribution in [0.15, 0.2) is 103 Å². The van der Waals surface area contributed by atoms with E-state index >= 15 is 0 Å². The molecule has 0 radical (unpaired) electrons. The van der Waals surface area contributed by atoms with E-state index in [1.807, 2.05) is 91.9 Å². The first-order chi connectivity index (χ1) is 16.2. The van der Waals surface area contributed by atoms with Crippen LogP contribution in [0.2, 0.25) is 0 Å². The Balaban J connectivity index is 1.47. The topological polar surface area (TPSA) is 78.3 Å². The molecule has 0 amide bonds. The molecule has 2 heterocycles. The minimum Gasteiger partial charge on any atom is -0.457 e. The summed E-state index contributed by atoms with van der Waals surface area (Å²) in [5.74, 6) is 1.54. The number of ether oxygens (including phenoxy) is 2. The minimum atomic E-state index is -0.508. The van der Waals surface area contributed by atoms with E-state index in [9.17, 15) is 4.79 Å². The molecular formula is C26H22N4O3. The van der Waals surface area contributed by atoms with Crippen molar-refractivity contribution in [1.82, 2.24) is 14.8 Å². The molecule has 1 atom stereocenters. The Bertz CT molecular complexity index is 1300. The van der Waals surface area contributed by atoms with Gasteiger partial charge in [0.2, 0.25) is 5.95 Å². The predicted octanol–water partition coefficient (Wildman–Crippen LogP) is 5.10. The molecule has 1 aromatic heterocycles. The van der Waals surface area contributed by atoms with E-state index in [4.69, 9.17) is 9.47 Å². The number of carbonyl (C=O) groups excluding carboxylic acids is 1. The molecule has 0 unspecified atom stereocenters. The molecule has 0 saturated carbocycles. The molecule has 5 rings (SSSR count). The van der Waals surface area contributed by atoms with Crippen molar-refractivity contribution in [2.75, 3.05) is 5.32 Å². The van der Waals surface area contributed by atoms with Crippen molar-refractivity contribution in [1.29, 1.82) is 0 Å². The molecule has 4 aromatic rings. The van der Waals surface area contributed by atoms with Crippen molar-refractivity contribution in [3.05, 3.63) is 114 Å². The van der Waals surface area contributed by atoms with Crippen LogP contribution in [-0.4, -0.2) is 20.7 Å².